The van der Waals surface area contributed by atoms with Crippen LogP contribution in [0.4, 0.5) is 9.59 Å². The molecule has 7 rings (SSSR count). The van der Waals surface area contributed by atoms with Crippen LogP contribution in [0.25, 0.3) is 0 Å². The molecule has 0 aromatic heterocycles. The molecule has 1 saturated heterocycles. The average Bonchev–Trinajstić information content (AvgIpc) is 3.82. The fourth-order valence-corrected chi connectivity index (χ4v) is 14.1. The van der Waals surface area contributed by atoms with Crippen LogP contribution in [0.15, 0.2) is 0 Å². The molecule has 0 aromatic rings. The van der Waals surface area contributed by atoms with E-state index in [0.29, 0.717) is 36.9 Å². The van der Waals surface area contributed by atoms with Gasteiger partial charge in [0.25, 0.3) is 0 Å². The molecule has 294 valence electrons. The van der Waals surface area contributed by atoms with E-state index in [1.807, 2.05) is 0 Å². The van der Waals surface area contributed by atoms with Crippen LogP contribution < -0.4 is 10.6 Å². The van der Waals surface area contributed by atoms with Crippen LogP contribution in [0.3, 0.4) is 0 Å². The van der Waals surface area contributed by atoms with Crippen molar-refractivity contribution in [3.63, 3.8) is 0 Å². The van der Waals surface area contributed by atoms with Crippen molar-refractivity contribution in [2.24, 2.45) is 62.6 Å². The molecule has 1 heterocycles. The van der Waals surface area contributed by atoms with Crippen LogP contribution in [0.2, 0.25) is 0 Å². The molecule has 7 fully saturated rings. The van der Waals surface area contributed by atoms with Gasteiger partial charge in [0.1, 0.15) is 6.10 Å². The minimum absolute atomic E-state index is 0.0459. The van der Waals surface area contributed by atoms with E-state index in [0.717, 1.165) is 116 Å². The van der Waals surface area contributed by atoms with Crippen LogP contribution in [0, 0.1) is 62.6 Å². The number of carboxylic acid groups (broad SMARTS) is 1. The summed E-state index contributed by atoms with van der Waals surface area (Å²) in [4.78, 5) is 41.2. The van der Waals surface area contributed by atoms with Crippen LogP contribution in [0.5, 0.6) is 0 Å². The quantitative estimate of drug-likeness (QED) is 0.198. The fraction of sp³-hybridized carbons (Fsp3) is 0.929. The van der Waals surface area contributed by atoms with E-state index >= 15 is 0 Å². The molecule has 3 N–H and O–H groups in total. The summed E-state index contributed by atoms with van der Waals surface area (Å²) in [5.41, 5.74) is -0.483. The number of ether oxygens (including phenoxy) is 3. The van der Waals surface area contributed by atoms with Crippen LogP contribution in [-0.2, 0) is 19.0 Å². The zero-order chi connectivity index (χ0) is 37.1. The van der Waals surface area contributed by atoms with Gasteiger partial charge in [-0.2, -0.15) is 0 Å². The Morgan fingerprint density at radius 3 is 2.31 bits per heavy atom. The minimum Gasteiger partial charge on any atom is -0.481 e. The molecule has 2 amide bonds. The van der Waals surface area contributed by atoms with Gasteiger partial charge in [-0.1, -0.05) is 41.5 Å². The van der Waals surface area contributed by atoms with Crippen molar-refractivity contribution in [3.05, 3.63) is 0 Å². The summed E-state index contributed by atoms with van der Waals surface area (Å²) >= 11 is 0. The number of hydrogen-bond donors (Lipinski definition) is 3. The Bertz CT molecular complexity index is 1350. The maximum absolute atomic E-state index is 13.3. The van der Waals surface area contributed by atoms with Gasteiger partial charge in [-0.3, -0.25) is 9.69 Å². The average molecular weight is 728 g/mol. The highest BCUT2D eigenvalue weighted by molar-refractivity contribution is 5.76. The smallest absolute Gasteiger partial charge is 0.407 e. The molecule has 1 aliphatic heterocycles. The number of nitrogens with one attached hydrogen (secondary N) is 2. The van der Waals surface area contributed by atoms with Gasteiger partial charge in [0, 0.05) is 37.6 Å². The molecule has 0 spiro atoms. The molecule has 10 heteroatoms. The number of morpholine rings is 1. The molecule has 6 aliphatic carbocycles. The third kappa shape index (κ3) is 6.45. The number of rotatable bonds is 10. The second kappa shape index (κ2) is 14.2. The molecule has 7 aliphatic rings. The van der Waals surface area contributed by atoms with Crippen LogP contribution >= 0.6 is 0 Å². The Morgan fingerprint density at radius 2 is 1.60 bits per heavy atom. The molecule has 11 atom stereocenters. The van der Waals surface area contributed by atoms with Crippen molar-refractivity contribution in [1.82, 2.24) is 15.5 Å². The number of alkyl carbamates (subject to hydrolysis) is 2. The summed E-state index contributed by atoms with van der Waals surface area (Å²) in [7, 11) is 0. The van der Waals surface area contributed by atoms with Gasteiger partial charge in [0.2, 0.25) is 0 Å². The summed E-state index contributed by atoms with van der Waals surface area (Å²) < 4.78 is 17.2. The number of carboxylic acids is 1. The molecule has 0 bridgehead atoms. The summed E-state index contributed by atoms with van der Waals surface area (Å²) in [5, 5.41) is 17.1. The molecular weight excluding hydrogens is 658 g/mol. The Morgan fingerprint density at radius 1 is 0.846 bits per heavy atom. The first-order valence-electron chi connectivity index (χ1n) is 21.1. The Labute approximate surface area is 312 Å². The molecule has 4 unspecified atom stereocenters. The lowest BCUT2D eigenvalue weighted by Gasteiger charge is -2.72. The van der Waals surface area contributed by atoms with Gasteiger partial charge in [0.15, 0.2) is 0 Å². The fourth-order valence-electron chi connectivity index (χ4n) is 14.1. The molecule has 0 radical (unpaired) electrons. The number of fused-ring (bicyclic) bond motifs is 7. The van der Waals surface area contributed by atoms with Gasteiger partial charge in [0.05, 0.1) is 25.2 Å². The number of carbonyl (C=O) groups excluding carboxylic acids is 2. The van der Waals surface area contributed by atoms with E-state index in [2.05, 4.69) is 57.1 Å². The number of aliphatic carboxylic acids is 1. The van der Waals surface area contributed by atoms with Gasteiger partial charge in [-0.05, 0) is 135 Å². The SMILES string of the molecule is C[C@@H](CNC(=O)OCCCN1CCOCC1)[C@@H]1CC[C@]2(C(=O)O)CC[C@]3(C)C(CCC4[C@@]5(C)CC[C@@H](OC(=O)NC6CC6)C(C)(C)C5CC[C@]43C)C12. The first kappa shape index (κ1) is 38.2. The maximum atomic E-state index is 13.3. The summed E-state index contributed by atoms with van der Waals surface area (Å²) in [6.45, 7) is 19.8. The van der Waals surface area contributed by atoms with Crippen molar-refractivity contribution < 1.29 is 33.7 Å². The molecular formula is C42H69N3O7. The predicted octanol–water partition coefficient (Wildman–Crippen LogP) is 7.49. The molecule has 10 nitrogen and oxygen atoms in total. The van der Waals surface area contributed by atoms with E-state index in [1.54, 1.807) is 0 Å². The summed E-state index contributed by atoms with van der Waals surface area (Å²) in [6, 6.07) is 0.294. The van der Waals surface area contributed by atoms with Crippen molar-refractivity contribution in [1.29, 1.82) is 0 Å². The van der Waals surface area contributed by atoms with Gasteiger partial charge < -0.3 is 30.0 Å². The lowest BCUT2D eigenvalue weighted by atomic mass is 9.32. The highest BCUT2D eigenvalue weighted by atomic mass is 16.6. The maximum Gasteiger partial charge on any atom is 0.407 e. The van der Waals surface area contributed by atoms with E-state index in [1.165, 1.54) is 0 Å². The van der Waals surface area contributed by atoms with Crippen molar-refractivity contribution >= 4 is 18.2 Å². The lowest BCUT2D eigenvalue weighted by molar-refractivity contribution is -0.249. The van der Waals surface area contributed by atoms with E-state index in [9.17, 15) is 19.5 Å². The first-order chi connectivity index (χ1) is 24.7. The first-order valence-corrected chi connectivity index (χ1v) is 21.1. The third-order valence-electron chi connectivity index (χ3n) is 17.3. The van der Waals surface area contributed by atoms with Crippen LogP contribution in [-0.4, -0.2) is 86.3 Å². The molecule has 0 aromatic carbocycles. The standard InChI is InChI=1S/C42H69N3O7/c1-27(26-43-36(48)51-23-7-20-45-21-24-50-25-22-45)29-12-17-42(35(46)47)19-18-40(5)30(34(29)42)10-11-32-39(4)15-14-33(52-37(49)44-28-8-9-28)38(2,3)31(39)13-16-41(32,40)6/h27-34H,7-26H2,1-6H3,(H,43,48)(H,44,49)(H,46,47)/t27-,29-,30?,31?,32?,33+,34?,39-,40+,41+,42-/m0/s1. The lowest BCUT2D eigenvalue weighted by Crippen LogP contribution is -2.67. The zero-order valence-electron chi connectivity index (χ0n) is 33.1. The van der Waals surface area contributed by atoms with Gasteiger partial charge >= 0.3 is 18.2 Å². The highest BCUT2D eigenvalue weighted by Crippen LogP contribution is 2.77. The Hall–Kier alpha value is -2.07. The normalized spacial score (nSPS) is 43.1. The van der Waals surface area contributed by atoms with Crippen molar-refractivity contribution in [2.45, 2.75) is 137 Å². The Balaban J connectivity index is 1.03. The monoisotopic (exact) mass is 728 g/mol. The minimum atomic E-state index is -0.675. The number of nitrogens with zero attached hydrogens (tertiary/aromatic N) is 1. The topological polar surface area (TPSA) is 126 Å². The van der Waals surface area contributed by atoms with Crippen molar-refractivity contribution in [2.75, 3.05) is 46.0 Å². The largest absolute Gasteiger partial charge is 0.481 e. The summed E-state index contributed by atoms with van der Waals surface area (Å²) in [6.07, 6.45) is 12.0. The van der Waals surface area contributed by atoms with Crippen LogP contribution in [0.1, 0.15) is 125 Å². The molecule has 52 heavy (non-hydrogen) atoms. The molecule has 6 saturated carbocycles. The predicted molar refractivity (Wildman–Crippen MR) is 199 cm³/mol. The highest BCUT2D eigenvalue weighted by Gasteiger charge is 2.72. The van der Waals surface area contributed by atoms with E-state index < -0.39 is 11.4 Å². The number of amides is 2. The van der Waals surface area contributed by atoms with Gasteiger partial charge in [-0.15, -0.1) is 0 Å². The zero-order valence-corrected chi connectivity index (χ0v) is 33.1. The second-order valence-electron chi connectivity index (χ2n) is 19.8. The Kier molecular flexibility index (Phi) is 10.4. The third-order valence-corrected chi connectivity index (χ3v) is 17.3. The summed E-state index contributed by atoms with van der Waals surface area (Å²) in [5.74, 6) is 1.30. The second-order valence-corrected chi connectivity index (χ2v) is 19.8. The number of hydrogen-bond acceptors (Lipinski definition) is 7. The number of carbonyl (C=O) groups is 3. The van der Waals surface area contributed by atoms with E-state index in [4.69, 9.17) is 14.2 Å². The van der Waals surface area contributed by atoms with Crippen molar-refractivity contribution in [3.8, 4) is 0 Å². The van der Waals surface area contributed by atoms with Gasteiger partial charge in [-0.25, -0.2) is 9.59 Å². The van der Waals surface area contributed by atoms with E-state index in [-0.39, 0.29) is 57.7 Å².